The van der Waals surface area contributed by atoms with Crippen LogP contribution in [0, 0.1) is 0 Å². The number of hydroxylamine groups is 4. The Morgan fingerprint density at radius 1 is 0.714 bits per heavy atom. The second kappa shape index (κ2) is 13.3. The molecule has 0 radical (unpaired) electrons. The van der Waals surface area contributed by atoms with E-state index in [2.05, 4.69) is 4.74 Å². The normalized spacial score (nSPS) is 25.1. The van der Waals surface area contributed by atoms with Crippen molar-refractivity contribution in [1.82, 2.24) is 19.9 Å². The molecule has 4 fully saturated rings. The molecule has 42 heavy (non-hydrogen) atoms. The summed E-state index contributed by atoms with van der Waals surface area (Å²) in [7, 11) is 0. The zero-order chi connectivity index (χ0) is 29.7. The second-order valence-electron chi connectivity index (χ2n) is 10.7. The highest BCUT2D eigenvalue weighted by Crippen LogP contribution is 2.32. The van der Waals surface area contributed by atoms with Gasteiger partial charge in [0, 0.05) is 13.1 Å². The lowest BCUT2D eigenvalue weighted by molar-refractivity contribution is -0.328. The maximum Gasteiger partial charge on any atom is 0.522 e. The molecule has 4 heterocycles. The van der Waals surface area contributed by atoms with Crippen molar-refractivity contribution in [2.75, 3.05) is 26.3 Å². The number of hydrogen-bond donors (Lipinski definition) is 1. The highest BCUT2D eigenvalue weighted by molar-refractivity contribution is 5.77. The van der Waals surface area contributed by atoms with Crippen molar-refractivity contribution in [2.24, 2.45) is 0 Å². The van der Waals surface area contributed by atoms with Crippen LogP contribution in [0.3, 0.4) is 0 Å². The maximum absolute atomic E-state index is 12.3. The van der Waals surface area contributed by atoms with Gasteiger partial charge in [-0.25, -0.2) is 9.59 Å². The largest absolute Gasteiger partial charge is 0.522 e. The summed E-state index contributed by atoms with van der Waals surface area (Å²) in [6, 6.07) is 18.1. The first kappa shape index (κ1) is 30.1. The Kier molecular flexibility index (Phi) is 9.51. The fraction of sp³-hybridized carbons (Fsp3) is 0.517. The van der Waals surface area contributed by atoms with E-state index in [1.165, 1.54) is 15.0 Å². The van der Waals surface area contributed by atoms with Gasteiger partial charge in [-0.1, -0.05) is 60.7 Å². The Hall–Kier alpha value is -3.39. The topological polar surface area (TPSA) is 95.0 Å². The lowest BCUT2D eigenvalue weighted by atomic mass is 10.0. The monoisotopic (exact) mass is 592 g/mol. The number of hydrogen-bond acceptors (Lipinski definition) is 6. The summed E-state index contributed by atoms with van der Waals surface area (Å²) in [6.07, 6.45) is -1.87. The smallest absolute Gasteiger partial charge is 0.394 e. The molecule has 1 N–H and O–H groups in total. The van der Waals surface area contributed by atoms with Crippen molar-refractivity contribution in [1.29, 1.82) is 0 Å². The highest BCUT2D eigenvalue weighted by atomic mass is 19.4. The summed E-state index contributed by atoms with van der Waals surface area (Å²) >= 11 is 0. The van der Waals surface area contributed by atoms with Crippen molar-refractivity contribution >= 4 is 12.1 Å². The lowest BCUT2D eigenvalue weighted by Crippen LogP contribution is -2.43. The average molecular weight is 593 g/mol. The van der Waals surface area contributed by atoms with Gasteiger partial charge in [-0.2, -0.15) is 10.1 Å². The number of aliphatic hydroxyl groups is 1. The molecule has 228 valence electrons. The van der Waals surface area contributed by atoms with E-state index in [0.717, 1.165) is 24.0 Å². The van der Waals surface area contributed by atoms with Crippen LogP contribution in [0.2, 0.25) is 0 Å². The van der Waals surface area contributed by atoms with Crippen LogP contribution in [0.1, 0.15) is 36.8 Å². The first-order valence-corrected chi connectivity index (χ1v) is 14.1. The van der Waals surface area contributed by atoms with Crippen LogP contribution in [0.25, 0.3) is 0 Å². The van der Waals surface area contributed by atoms with Crippen LogP contribution in [0.4, 0.5) is 22.8 Å². The molecular formula is C29H35F3N4O6. The SMILES string of the molecule is O=C1N2C[C@@H](CC[C@H]2CO)N1OCc1ccccc1.O=C1N2C[C@@H](CC[C@H]2COC(F)(F)F)N1OCc1ccccc1. The van der Waals surface area contributed by atoms with E-state index in [1.807, 2.05) is 60.7 Å². The number of nitrogens with zero attached hydrogens (tertiary/aromatic N) is 4. The van der Waals surface area contributed by atoms with Gasteiger partial charge in [0.05, 0.1) is 37.4 Å². The first-order valence-electron chi connectivity index (χ1n) is 14.1. The maximum atomic E-state index is 12.3. The fourth-order valence-electron chi connectivity index (χ4n) is 5.74. The Bertz CT molecular complexity index is 1190. The number of alkyl halides is 3. The number of urea groups is 2. The van der Waals surface area contributed by atoms with Crippen LogP contribution < -0.4 is 0 Å². The number of piperidine rings is 2. The van der Waals surface area contributed by atoms with Gasteiger partial charge in [0.1, 0.15) is 13.2 Å². The molecule has 2 aromatic carbocycles. The van der Waals surface area contributed by atoms with E-state index in [4.69, 9.17) is 9.68 Å². The molecule has 10 nitrogen and oxygen atoms in total. The van der Waals surface area contributed by atoms with Crippen molar-refractivity contribution < 1.29 is 42.3 Å². The molecule has 0 aliphatic carbocycles. The predicted molar refractivity (Wildman–Crippen MR) is 143 cm³/mol. The van der Waals surface area contributed by atoms with Crippen LogP contribution in [-0.2, 0) is 27.6 Å². The number of amides is 4. The fourth-order valence-corrected chi connectivity index (χ4v) is 5.74. The number of fused-ring (bicyclic) bond motifs is 4. The van der Waals surface area contributed by atoms with E-state index in [-0.39, 0.29) is 43.4 Å². The van der Waals surface area contributed by atoms with E-state index in [1.54, 1.807) is 4.90 Å². The molecule has 13 heteroatoms. The Morgan fingerprint density at radius 3 is 1.62 bits per heavy atom. The molecule has 4 aliphatic rings. The van der Waals surface area contributed by atoms with Crippen LogP contribution >= 0.6 is 0 Å². The molecule has 4 amide bonds. The minimum absolute atomic E-state index is 0.0327. The Morgan fingerprint density at radius 2 is 1.17 bits per heavy atom. The van der Waals surface area contributed by atoms with E-state index >= 15 is 0 Å². The number of rotatable bonds is 9. The standard InChI is InChI=1S/C15H17F3N2O3.C14H18N2O3/c16-15(17,18)22-10-13-7-6-12-8-19(13)14(21)20(12)23-9-11-4-2-1-3-5-11;17-9-13-7-6-12-8-15(13)14(18)16(12)19-10-11-4-2-1-3-5-11/h1-5,12-13H,6-10H2;1-5,12-13,17H,6-10H2/t2*12-,13+/m11/s1. The summed E-state index contributed by atoms with van der Waals surface area (Å²) in [5.74, 6) is 0. The quantitative estimate of drug-likeness (QED) is 0.467. The lowest BCUT2D eigenvalue weighted by Gasteiger charge is -2.30. The van der Waals surface area contributed by atoms with E-state index in [9.17, 15) is 27.9 Å². The van der Waals surface area contributed by atoms with Gasteiger partial charge >= 0.3 is 18.4 Å². The second-order valence-corrected chi connectivity index (χ2v) is 10.7. The summed E-state index contributed by atoms with van der Waals surface area (Å²) in [6.45, 7) is 1.19. The minimum atomic E-state index is -4.68. The van der Waals surface area contributed by atoms with Gasteiger partial charge in [-0.3, -0.25) is 14.4 Å². The number of benzene rings is 2. The van der Waals surface area contributed by atoms with E-state index in [0.29, 0.717) is 32.5 Å². The highest BCUT2D eigenvalue weighted by Gasteiger charge is 2.47. The summed E-state index contributed by atoms with van der Waals surface area (Å²) in [5.41, 5.74) is 1.97. The van der Waals surface area contributed by atoms with Crippen molar-refractivity contribution in [3.8, 4) is 0 Å². The third-order valence-electron chi connectivity index (χ3n) is 7.97. The molecule has 4 bridgehead atoms. The van der Waals surface area contributed by atoms with Gasteiger partial charge in [0.25, 0.3) is 0 Å². The molecule has 6 rings (SSSR count). The van der Waals surface area contributed by atoms with Crippen LogP contribution in [0.5, 0.6) is 0 Å². The summed E-state index contributed by atoms with van der Waals surface area (Å²) in [4.78, 5) is 38.9. The number of aliphatic hydroxyl groups excluding tert-OH is 1. The first-order chi connectivity index (χ1) is 20.2. The van der Waals surface area contributed by atoms with Crippen molar-refractivity contribution in [2.45, 2.75) is 69.4 Å². The number of carbonyl (C=O) groups excluding carboxylic acids is 2. The van der Waals surface area contributed by atoms with Gasteiger partial charge in [-0.15, -0.1) is 13.2 Å². The van der Waals surface area contributed by atoms with Crippen LogP contribution in [-0.4, -0.2) is 93.9 Å². The van der Waals surface area contributed by atoms with Crippen molar-refractivity contribution in [3.05, 3.63) is 71.8 Å². The predicted octanol–water partition coefficient (Wildman–Crippen LogP) is 4.30. The van der Waals surface area contributed by atoms with Gasteiger partial charge in [0.15, 0.2) is 0 Å². The molecule has 4 atom stereocenters. The molecule has 4 saturated heterocycles. The summed E-state index contributed by atoms with van der Waals surface area (Å²) in [5, 5.41) is 12.1. The Labute approximate surface area is 242 Å². The third kappa shape index (κ3) is 7.14. The number of carbonyl (C=O) groups is 2. The summed E-state index contributed by atoms with van der Waals surface area (Å²) < 4.78 is 40.4. The molecule has 0 aromatic heterocycles. The number of ether oxygens (including phenoxy) is 1. The molecule has 0 spiro atoms. The van der Waals surface area contributed by atoms with E-state index < -0.39 is 19.0 Å². The van der Waals surface area contributed by atoms with Gasteiger partial charge in [-0.05, 0) is 36.8 Å². The van der Waals surface area contributed by atoms with Crippen molar-refractivity contribution in [3.63, 3.8) is 0 Å². The number of halogens is 3. The molecule has 0 saturated carbocycles. The molecule has 2 aromatic rings. The van der Waals surface area contributed by atoms with Gasteiger partial charge in [0.2, 0.25) is 0 Å². The zero-order valence-corrected chi connectivity index (χ0v) is 23.1. The van der Waals surface area contributed by atoms with Crippen LogP contribution in [0.15, 0.2) is 60.7 Å². The van der Waals surface area contributed by atoms with Gasteiger partial charge < -0.3 is 14.9 Å². The average Bonchev–Trinajstić information content (AvgIpc) is 3.39. The minimum Gasteiger partial charge on any atom is -0.394 e. The third-order valence-corrected chi connectivity index (χ3v) is 7.97. The molecule has 0 unspecified atom stereocenters. The Balaban J connectivity index is 0.000000171. The molecule has 4 aliphatic heterocycles. The zero-order valence-electron chi connectivity index (χ0n) is 23.1. The molecular weight excluding hydrogens is 557 g/mol.